The fraction of sp³-hybridized carbons (Fsp3) is 1.00. The second-order valence-electron chi connectivity index (χ2n) is 1.39. The zero-order valence-electron chi connectivity index (χ0n) is 6.92. The van der Waals surface area contributed by atoms with Crippen LogP contribution in [0.15, 0.2) is 0 Å². The molecule has 0 saturated carbocycles. The van der Waals surface area contributed by atoms with Crippen LogP contribution in [0.5, 0.6) is 0 Å². The van der Waals surface area contributed by atoms with Crippen LogP contribution in [0.4, 0.5) is 0 Å². The molecular formula is C4H13AlO4P2. The molecule has 0 aliphatic rings. The van der Waals surface area contributed by atoms with E-state index in [1.165, 1.54) is 5.28 Å². The molecule has 0 amide bonds. The molecule has 0 rings (SSSR count). The van der Waals surface area contributed by atoms with Crippen LogP contribution in [-0.4, -0.2) is 29.6 Å². The molecular weight excluding hydrogens is 201 g/mol. The summed E-state index contributed by atoms with van der Waals surface area (Å²) in [7, 11) is -4.76. The van der Waals surface area contributed by atoms with E-state index in [2.05, 4.69) is 23.2 Å². The van der Waals surface area contributed by atoms with E-state index in [9.17, 15) is 0 Å². The van der Waals surface area contributed by atoms with E-state index in [0.717, 1.165) is 13.3 Å². The molecule has 66 valence electrons. The largest absolute Gasteiger partial charge is 0.802 e. The van der Waals surface area contributed by atoms with Gasteiger partial charge in [-0.15, -0.1) is 0 Å². The molecule has 7 heteroatoms. The summed E-state index contributed by atoms with van der Waals surface area (Å²) in [5.74, 6) is 0. The van der Waals surface area contributed by atoms with Crippen molar-refractivity contribution in [1.29, 1.82) is 0 Å². The summed E-state index contributed by atoms with van der Waals surface area (Å²) < 4.78 is 18.1. The summed E-state index contributed by atoms with van der Waals surface area (Å²) in [5.41, 5.74) is 0. The van der Waals surface area contributed by atoms with Gasteiger partial charge >= 0.3 is 28.5 Å². The van der Waals surface area contributed by atoms with Crippen molar-refractivity contribution in [3.05, 3.63) is 0 Å². The second kappa shape index (κ2) is 17.1. The molecule has 0 bridgehead atoms. The molecule has 0 fully saturated rings. The first-order chi connectivity index (χ1) is 4.88. The van der Waals surface area contributed by atoms with Gasteiger partial charge in [-0.25, -0.2) is 0 Å². The van der Waals surface area contributed by atoms with Gasteiger partial charge in [-0.05, 0) is 29.4 Å². The van der Waals surface area contributed by atoms with Crippen molar-refractivity contribution < 1.29 is 18.9 Å². The molecule has 0 N–H and O–H groups in total. The second-order valence-corrected chi connectivity index (χ2v) is 4.17. The van der Waals surface area contributed by atoms with Gasteiger partial charge in [0, 0.05) is 0 Å². The third-order valence-electron chi connectivity index (χ3n) is 0. The normalized spacial score (nSPS) is 13.0. The fourth-order valence-electron chi connectivity index (χ4n) is 0. The third kappa shape index (κ3) is 1040. The van der Waals surface area contributed by atoms with Crippen molar-refractivity contribution in [2.24, 2.45) is 0 Å². The predicted molar refractivity (Wildman–Crippen MR) is 46.1 cm³/mol. The van der Waals surface area contributed by atoms with Crippen molar-refractivity contribution in [1.82, 2.24) is 0 Å². The van der Waals surface area contributed by atoms with Gasteiger partial charge in [0.15, 0.2) is 0 Å². The van der Waals surface area contributed by atoms with Crippen molar-refractivity contribution >= 4 is 32.3 Å². The number of rotatable bonds is 0. The molecule has 0 aliphatic heterocycles. The maximum atomic E-state index is 9.07. The quantitative estimate of drug-likeness (QED) is 0.402. The van der Waals surface area contributed by atoms with Crippen LogP contribution >= 0.6 is 16.1 Å². The SMILES string of the molecule is C[CH2][Al+2].C[PH](=O)[O-].C[PH](=O)[O-]. The molecule has 0 aromatic heterocycles. The van der Waals surface area contributed by atoms with E-state index >= 15 is 0 Å². The molecule has 0 saturated heterocycles. The van der Waals surface area contributed by atoms with Crippen LogP contribution in [0.1, 0.15) is 6.92 Å². The van der Waals surface area contributed by atoms with Crippen molar-refractivity contribution in [2.45, 2.75) is 12.2 Å². The molecule has 4 nitrogen and oxygen atoms in total. The van der Waals surface area contributed by atoms with Crippen LogP contribution < -0.4 is 9.79 Å². The van der Waals surface area contributed by atoms with Crippen LogP contribution in [0.2, 0.25) is 5.28 Å². The molecule has 0 aromatic carbocycles. The first-order valence-electron chi connectivity index (χ1n) is 2.93. The molecule has 0 aromatic rings. The minimum atomic E-state index is -2.38. The van der Waals surface area contributed by atoms with Gasteiger partial charge in [0.25, 0.3) is 0 Å². The van der Waals surface area contributed by atoms with E-state index in [1.807, 2.05) is 0 Å². The Kier molecular flexibility index (Phi) is 27.8. The van der Waals surface area contributed by atoms with Crippen LogP contribution in [0.25, 0.3) is 0 Å². The Morgan fingerprint density at radius 2 is 1.18 bits per heavy atom. The standard InChI is InChI=1S/C2H5.2CH5O2P.Al/c1-2;2*1-4(2)3;/h1H2,2H3;2*4H,1H3,(H,2,3);/q;;;+2/p-2. The Morgan fingerprint density at radius 1 is 1.18 bits per heavy atom. The van der Waals surface area contributed by atoms with Crippen molar-refractivity contribution in [2.75, 3.05) is 13.3 Å². The Bertz CT molecular complexity index is 88.3. The van der Waals surface area contributed by atoms with E-state index in [-0.39, 0.29) is 0 Å². The molecule has 0 spiro atoms. The summed E-state index contributed by atoms with van der Waals surface area (Å²) in [6.45, 7) is 4.40. The third-order valence-corrected chi connectivity index (χ3v) is 0. The molecule has 0 heterocycles. The van der Waals surface area contributed by atoms with Crippen molar-refractivity contribution in [3.63, 3.8) is 0 Å². The Labute approximate surface area is 77.2 Å². The number of hydrogen-bond acceptors (Lipinski definition) is 4. The maximum Gasteiger partial charge on any atom is -0.00105 e. The van der Waals surface area contributed by atoms with E-state index in [0.29, 0.717) is 0 Å². The number of hydrogen-bond donors (Lipinski definition) is 0. The van der Waals surface area contributed by atoms with Crippen LogP contribution in [0.3, 0.4) is 0 Å². The predicted octanol–water partition coefficient (Wildman–Crippen LogP) is -0.505. The first kappa shape index (κ1) is 17.9. The van der Waals surface area contributed by atoms with Gasteiger partial charge in [-0.2, -0.15) is 0 Å². The first-order valence-corrected chi connectivity index (χ1v) is 7.38. The van der Waals surface area contributed by atoms with Gasteiger partial charge in [-0.3, -0.25) is 0 Å². The summed E-state index contributed by atoms with van der Waals surface area (Å²) >= 11 is 2.58. The summed E-state index contributed by atoms with van der Waals surface area (Å²) in [4.78, 5) is 18.1. The molecule has 0 radical (unpaired) electrons. The molecule has 0 aliphatic carbocycles. The summed E-state index contributed by atoms with van der Waals surface area (Å²) in [6, 6.07) is 0. The van der Waals surface area contributed by atoms with Gasteiger partial charge in [0.2, 0.25) is 0 Å². The summed E-state index contributed by atoms with van der Waals surface area (Å²) in [6.07, 6.45) is 0. The average molecular weight is 214 g/mol. The minimum Gasteiger partial charge on any atom is -0.802 e. The zero-order chi connectivity index (χ0) is 9.86. The Morgan fingerprint density at radius 3 is 1.18 bits per heavy atom. The van der Waals surface area contributed by atoms with Crippen LogP contribution in [-0.2, 0) is 9.13 Å². The molecule has 2 atom stereocenters. The van der Waals surface area contributed by atoms with Gasteiger partial charge in [0.1, 0.15) is 0 Å². The smallest absolute Gasteiger partial charge is 0.00105 e. The zero-order valence-corrected chi connectivity index (χ0v) is 10.1. The molecule has 11 heavy (non-hydrogen) atoms. The Balaban J connectivity index is -0.0000000886. The fourth-order valence-corrected chi connectivity index (χ4v) is 0. The topological polar surface area (TPSA) is 80.3 Å². The summed E-state index contributed by atoms with van der Waals surface area (Å²) in [5, 5.41) is 1.17. The van der Waals surface area contributed by atoms with E-state index in [1.54, 1.807) is 0 Å². The van der Waals surface area contributed by atoms with Gasteiger partial charge in [-0.1, -0.05) is 0 Å². The van der Waals surface area contributed by atoms with Crippen molar-refractivity contribution in [3.8, 4) is 0 Å². The Hall–Kier alpha value is 0.912. The van der Waals surface area contributed by atoms with Gasteiger partial charge in [0.05, 0.1) is 0 Å². The van der Waals surface area contributed by atoms with E-state index < -0.39 is 16.1 Å². The maximum absolute atomic E-state index is 9.07. The van der Waals surface area contributed by atoms with E-state index in [4.69, 9.17) is 18.9 Å². The van der Waals surface area contributed by atoms with Gasteiger partial charge < -0.3 is 18.9 Å². The monoisotopic (exact) mass is 214 g/mol. The average Bonchev–Trinajstić information content (AvgIpc) is 1.60. The minimum absolute atomic E-state index is 1.16. The molecule has 2 unspecified atom stereocenters. The van der Waals surface area contributed by atoms with Crippen LogP contribution in [0, 0.1) is 0 Å².